The Morgan fingerprint density at radius 2 is 2.09 bits per heavy atom. The first-order valence-electron chi connectivity index (χ1n) is 10.3. The maximum absolute atomic E-state index is 13.8. The molecule has 1 aliphatic rings. The van der Waals surface area contributed by atoms with Crippen molar-refractivity contribution in [3.8, 4) is 11.3 Å². The number of halogens is 3. The lowest BCUT2D eigenvalue weighted by molar-refractivity contribution is -0.137. The highest BCUT2D eigenvalue weighted by Gasteiger charge is 2.36. The van der Waals surface area contributed by atoms with Gasteiger partial charge in [-0.1, -0.05) is 13.0 Å². The molecular formula is C21H24F3N5O2S. The second-order valence-electron chi connectivity index (χ2n) is 8.01. The minimum atomic E-state index is -4.64. The molecule has 2 aromatic heterocycles. The molecule has 1 aliphatic heterocycles. The summed E-state index contributed by atoms with van der Waals surface area (Å²) < 4.78 is 64.9. The molecule has 2 N–H and O–H groups in total. The number of rotatable bonds is 5. The van der Waals surface area contributed by atoms with E-state index in [4.69, 9.17) is 0 Å². The molecule has 0 saturated carbocycles. The number of likely N-dealkylation sites (N-methyl/N-ethyl adjacent to an activating group) is 1. The van der Waals surface area contributed by atoms with E-state index >= 15 is 0 Å². The molecule has 0 radical (unpaired) electrons. The number of H-pyrrole nitrogens is 1. The maximum atomic E-state index is 13.8. The van der Waals surface area contributed by atoms with Crippen LogP contribution in [0, 0.1) is 0 Å². The zero-order chi connectivity index (χ0) is 23.1. The molecule has 3 aromatic rings. The molecule has 3 heterocycles. The third-order valence-electron chi connectivity index (χ3n) is 5.72. The smallest absolute Gasteiger partial charge is 0.360 e. The Labute approximate surface area is 184 Å². The molecular weight excluding hydrogens is 443 g/mol. The van der Waals surface area contributed by atoms with E-state index in [0.717, 1.165) is 44.9 Å². The van der Waals surface area contributed by atoms with Crippen molar-refractivity contribution in [3.05, 3.63) is 36.2 Å². The summed E-state index contributed by atoms with van der Waals surface area (Å²) in [6.07, 6.45) is 0.523. The van der Waals surface area contributed by atoms with E-state index < -0.39 is 21.6 Å². The van der Waals surface area contributed by atoms with E-state index in [0.29, 0.717) is 10.9 Å². The van der Waals surface area contributed by atoms with Gasteiger partial charge in [-0.2, -0.15) is 13.2 Å². The van der Waals surface area contributed by atoms with Gasteiger partial charge in [-0.05, 0) is 38.1 Å². The van der Waals surface area contributed by atoms with Gasteiger partial charge in [0.15, 0.2) is 9.84 Å². The Hall–Kier alpha value is -2.66. The topological polar surface area (TPSA) is 91.0 Å². The van der Waals surface area contributed by atoms with Crippen LogP contribution in [0.25, 0.3) is 22.2 Å². The van der Waals surface area contributed by atoms with Crippen LogP contribution in [0.3, 0.4) is 0 Å². The zero-order valence-corrected chi connectivity index (χ0v) is 18.5. The summed E-state index contributed by atoms with van der Waals surface area (Å²) >= 11 is 0. The van der Waals surface area contributed by atoms with Crippen LogP contribution in [0.15, 0.2) is 35.5 Å². The van der Waals surface area contributed by atoms with E-state index in [1.807, 2.05) is 0 Å². The normalized spacial score (nSPS) is 18.2. The fraction of sp³-hybridized carbons (Fsp3) is 0.429. The van der Waals surface area contributed by atoms with Crippen LogP contribution in [0.4, 0.5) is 19.1 Å². The molecule has 0 amide bonds. The molecule has 32 heavy (non-hydrogen) atoms. The van der Waals surface area contributed by atoms with Crippen molar-refractivity contribution in [3.63, 3.8) is 0 Å². The minimum absolute atomic E-state index is 0.0496. The first kappa shape index (κ1) is 22.5. The van der Waals surface area contributed by atoms with Gasteiger partial charge < -0.3 is 15.2 Å². The van der Waals surface area contributed by atoms with Crippen LogP contribution in [0.1, 0.15) is 25.3 Å². The van der Waals surface area contributed by atoms with Crippen LogP contribution in [0.5, 0.6) is 0 Å². The Morgan fingerprint density at radius 3 is 2.78 bits per heavy atom. The van der Waals surface area contributed by atoms with Gasteiger partial charge in [-0.3, -0.25) is 0 Å². The molecule has 0 bridgehead atoms. The summed E-state index contributed by atoms with van der Waals surface area (Å²) in [5, 5.41) is 3.63. The lowest BCUT2D eigenvalue weighted by Gasteiger charge is -2.32. The van der Waals surface area contributed by atoms with Crippen LogP contribution < -0.4 is 5.32 Å². The fourth-order valence-electron chi connectivity index (χ4n) is 4.04. The number of aromatic amines is 1. The number of nitrogens with zero attached hydrogens (tertiary/aromatic N) is 3. The lowest BCUT2D eigenvalue weighted by Crippen LogP contribution is -2.42. The molecule has 1 aromatic carbocycles. The molecule has 1 fully saturated rings. The Kier molecular flexibility index (Phi) is 5.89. The molecule has 11 heteroatoms. The van der Waals surface area contributed by atoms with Gasteiger partial charge in [-0.25, -0.2) is 18.4 Å². The van der Waals surface area contributed by atoms with E-state index in [2.05, 4.69) is 32.1 Å². The summed E-state index contributed by atoms with van der Waals surface area (Å²) in [6, 6.07) is 4.33. The lowest BCUT2D eigenvalue weighted by atomic mass is 10.1. The predicted molar refractivity (Wildman–Crippen MR) is 116 cm³/mol. The van der Waals surface area contributed by atoms with Crippen molar-refractivity contribution >= 4 is 26.7 Å². The number of piperidine rings is 1. The summed E-state index contributed by atoms with van der Waals surface area (Å²) in [6.45, 7) is 4.75. The Bertz CT molecular complexity index is 1240. The second kappa shape index (κ2) is 8.36. The SMILES string of the molecule is CCN1CCC[C@H](Nc2ncc(C(F)(F)F)c(-c3c[nH]c4cc(S(C)(=O)=O)ccc34)n2)C1. The van der Waals surface area contributed by atoms with Crippen LogP contribution in [-0.4, -0.2) is 60.2 Å². The number of alkyl halides is 3. The number of benzene rings is 1. The average Bonchev–Trinajstić information content (AvgIpc) is 3.15. The standard InChI is InChI=1S/C21H24F3N5O2S/c1-3-29-8-4-5-13(12-29)27-20-26-11-17(21(22,23)24)19(28-20)16-10-25-18-9-14(32(2,30)31)6-7-15(16)18/h6-7,9-11,13,25H,3-5,8,12H2,1-2H3,(H,26,27,28)/t13-/m0/s1. The average molecular weight is 468 g/mol. The highest BCUT2D eigenvalue weighted by atomic mass is 32.2. The highest BCUT2D eigenvalue weighted by Crippen LogP contribution is 2.39. The number of hydrogen-bond donors (Lipinski definition) is 2. The van der Waals surface area contributed by atoms with Crippen molar-refractivity contribution in [1.29, 1.82) is 0 Å². The summed E-state index contributed by atoms with van der Waals surface area (Å²) in [5.41, 5.74) is -0.557. The number of fused-ring (bicyclic) bond motifs is 1. The third kappa shape index (κ3) is 4.58. The van der Waals surface area contributed by atoms with E-state index in [-0.39, 0.29) is 28.1 Å². The molecule has 0 spiro atoms. The number of anilines is 1. The third-order valence-corrected chi connectivity index (χ3v) is 6.83. The van der Waals surface area contributed by atoms with Crippen molar-refractivity contribution in [2.24, 2.45) is 0 Å². The Balaban J connectivity index is 1.76. The van der Waals surface area contributed by atoms with Gasteiger partial charge in [0.05, 0.1) is 10.6 Å². The molecule has 172 valence electrons. The number of aromatic nitrogens is 3. The molecule has 7 nitrogen and oxygen atoms in total. The molecule has 1 saturated heterocycles. The van der Waals surface area contributed by atoms with Crippen LogP contribution in [0.2, 0.25) is 0 Å². The monoisotopic (exact) mass is 467 g/mol. The summed E-state index contributed by atoms with van der Waals surface area (Å²) in [4.78, 5) is 13.4. The summed E-state index contributed by atoms with van der Waals surface area (Å²) in [7, 11) is -3.45. The minimum Gasteiger partial charge on any atom is -0.360 e. The number of hydrogen-bond acceptors (Lipinski definition) is 6. The highest BCUT2D eigenvalue weighted by molar-refractivity contribution is 7.90. The predicted octanol–water partition coefficient (Wildman–Crippen LogP) is 3.94. The van der Waals surface area contributed by atoms with Gasteiger partial charge in [0.25, 0.3) is 0 Å². The number of likely N-dealkylation sites (tertiary alicyclic amines) is 1. The van der Waals surface area contributed by atoms with Crippen molar-refractivity contribution < 1.29 is 21.6 Å². The molecule has 0 unspecified atom stereocenters. The Morgan fingerprint density at radius 1 is 1.31 bits per heavy atom. The second-order valence-corrected chi connectivity index (χ2v) is 10.0. The van der Waals surface area contributed by atoms with Gasteiger partial charge in [0.2, 0.25) is 5.95 Å². The van der Waals surface area contributed by atoms with Crippen LogP contribution in [-0.2, 0) is 16.0 Å². The van der Waals surface area contributed by atoms with Crippen molar-refractivity contribution in [2.45, 2.75) is 36.9 Å². The van der Waals surface area contributed by atoms with Gasteiger partial charge in [0, 0.05) is 47.7 Å². The molecule has 0 aliphatic carbocycles. The van der Waals surface area contributed by atoms with Crippen molar-refractivity contribution in [1.82, 2.24) is 19.9 Å². The van der Waals surface area contributed by atoms with E-state index in [1.165, 1.54) is 24.4 Å². The first-order chi connectivity index (χ1) is 15.1. The number of nitrogens with one attached hydrogen (secondary N) is 2. The summed E-state index contributed by atoms with van der Waals surface area (Å²) in [5.74, 6) is 0.137. The van der Waals surface area contributed by atoms with Gasteiger partial charge in [-0.15, -0.1) is 0 Å². The first-order valence-corrected chi connectivity index (χ1v) is 12.2. The van der Waals surface area contributed by atoms with Crippen LogP contribution >= 0.6 is 0 Å². The van der Waals surface area contributed by atoms with Gasteiger partial charge in [0.1, 0.15) is 5.56 Å². The largest absolute Gasteiger partial charge is 0.419 e. The zero-order valence-electron chi connectivity index (χ0n) is 17.7. The van der Waals surface area contributed by atoms with Gasteiger partial charge >= 0.3 is 6.18 Å². The number of sulfone groups is 1. The maximum Gasteiger partial charge on any atom is 0.419 e. The van der Waals surface area contributed by atoms with E-state index in [1.54, 1.807) is 0 Å². The van der Waals surface area contributed by atoms with Crippen molar-refractivity contribution in [2.75, 3.05) is 31.2 Å². The molecule has 1 atom stereocenters. The molecule has 4 rings (SSSR count). The van der Waals surface area contributed by atoms with E-state index in [9.17, 15) is 21.6 Å². The fourth-order valence-corrected chi connectivity index (χ4v) is 4.69. The quantitative estimate of drug-likeness (QED) is 0.591.